The maximum Gasteiger partial charge on any atom is 0.303 e. The second-order valence-electron chi connectivity index (χ2n) is 8.72. The van der Waals surface area contributed by atoms with Crippen molar-refractivity contribution in [2.45, 2.75) is 90.3 Å². The normalized spacial score (nSPS) is 42.9. The van der Waals surface area contributed by atoms with Gasteiger partial charge in [-0.05, 0) is 62.2 Å². The zero-order chi connectivity index (χ0) is 15.2. The Morgan fingerprint density at radius 1 is 1.19 bits per heavy atom. The van der Waals surface area contributed by atoms with Crippen molar-refractivity contribution in [1.29, 1.82) is 0 Å². The van der Waals surface area contributed by atoms with Crippen LogP contribution in [0.25, 0.3) is 0 Å². The lowest BCUT2D eigenvalue weighted by molar-refractivity contribution is -0.138. The molecule has 3 rings (SSSR count). The first-order valence-electron chi connectivity index (χ1n) is 8.85. The van der Waals surface area contributed by atoms with Crippen molar-refractivity contribution < 1.29 is 9.90 Å². The average molecular weight is 293 g/mol. The van der Waals surface area contributed by atoms with Crippen molar-refractivity contribution in [3.05, 3.63) is 0 Å². The largest absolute Gasteiger partial charge is 0.481 e. The summed E-state index contributed by atoms with van der Waals surface area (Å²) in [6, 6.07) is 2.09. The number of carbonyl (C=O) groups is 1. The molecule has 0 radical (unpaired) electrons. The lowest BCUT2D eigenvalue weighted by Crippen LogP contribution is -2.53. The Morgan fingerprint density at radius 3 is 2.33 bits per heavy atom. The maximum absolute atomic E-state index is 11.0. The molecule has 0 aromatic heterocycles. The Labute approximate surface area is 129 Å². The molecule has 1 saturated carbocycles. The number of carboxylic acid groups (broad SMARTS) is 1. The molecule has 0 amide bonds. The molecule has 0 aromatic rings. The minimum Gasteiger partial charge on any atom is -0.481 e. The summed E-state index contributed by atoms with van der Waals surface area (Å²) >= 11 is 0. The van der Waals surface area contributed by atoms with Crippen LogP contribution in [-0.4, -0.2) is 34.1 Å². The van der Waals surface area contributed by atoms with Crippen molar-refractivity contribution in [1.82, 2.24) is 4.90 Å². The molecule has 1 N–H and O–H groups in total. The minimum atomic E-state index is -0.611. The van der Waals surface area contributed by atoms with E-state index >= 15 is 0 Å². The van der Waals surface area contributed by atoms with E-state index in [1.165, 1.54) is 32.1 Å². The van der Waals surface area contributed by atoms with Gasteiger partial charge in [-0.2, -0.15) is 0 Å². The van der Waals surface area contributed by atoms with E-state index in [0.29, 0.717) is 29.8 Å². The van der Waals surface area contributed by atoms with Crippen molar-refractivity contribution in [3.8, 4) is 0 Å². The van der Waals surface area contributed by atoms with Gasteiger partial charge in [0.25, 0.3) is 0 Å². The van der Waals surface area contributed by atoms with Gasteiger partial charge in [-0.25, -0.2) is 0 Å². The molecule has 3 fully saturated rings. The van der Waals surface area contributed by atoms with Crippen LogP contribution in [0.2, 0.25) is 0 Å². The molecule has 0 aromatic carbocycles. The third kappa shape index (κ3) is 3.13. The van der Waals surface area contributed by atoms with Crippen LogP contribution in [-0.2, 0) is 4.79 Å². The Kier molecular flexibility index (Phi) is 4.06. The van der Waals surface area contributed by atoms with Crippen molar-refractivity contribution in [3.63, 3.8) is 0 Å². The van der Waals surface area contributed by atoms with Gasteiger partial charge >= 0.3 is 5.97 Å². The highest BCUT2D eigenvalue weighted by molar-refractivity contribution is 5.67. The fourth-order valence-corrected chi connectivity index (χ4v) is 5.66. The second kappa shape index (κ2) is 5.57. The molecule has 120 valence electrons. The van der Waals surface area contributed by atoms with Gasteiger partial charge in [0, 0.05) is 24.5 Å². The van der Waals surface area contributed by atoms with Gasteiger partial charge in [0.2, 0.25) is 0 Å². The topological polar surface area (TPSA) is 40.5 Å². The Morgan fingerprint density at radius 2 is 1.81 bits per heavy atom. The van der Waals surface area contributed by atoms with Gasteiger partial charge in [0.05, 0.1) is 0 Å². The van der Waals surface area contributed by atoms with E-state index in [9.17, 15) is 4.79 Å². The van der Waals surface area contributed by atoms with Crippen LogP contribution >= 0.6 is 0 Å². The van der Waals surface area contributed by atoms with Crippen molar-refractivity contribution in [2.75, 3.05) is 0 Å². The van der Waals surface area contributed by atoms with E-state index in [1.807, 2.05) is 0 Å². The second-order valence-corrected chi connectivity index (χ2v) is 8.72. The molecule has 3 aliphatic rings. The van der Waals surface area contributed by atoms with E-state index in [2.05, 4.69) is 25.7 Å². The highest BCUT2D eigenvalue weighted by Gasteiger charge is 2.47. The number of hydrogen-bond donors (Lipinski definition) is 1. The van der Waals surface area contributed by atoms with Crippen molar-refractivity contribution in [2.24, 2.45) is 17.3 Å². The highest BCUT2D eigenvalue weighted by atomic mass is 16.4. The number of nitrogens with zero attached hydrogens (tertiary/aromatic N) is 1. The first kappa shape index (κ1) is 15.3. The zero-order valence-electron chi connectivity index (χ0n) is 13.8. The predicted octanol–water partition coefficient (Wildman–Crippen LogP) is 3.92. The standard InChI is InChI=1S/C18H31NO2/c1-12-11-18(2,3)7-6-16(12)19-14-4-5-15(19)9-13(8-14)10-17(20)21/h12-16H,4-11H2,1-3H3,(H,20,21). The lowest BCUT2D eigenvalue weighted by atomic mass is 9.69. The quantitative estimate of drug-likeness (QED) is 0.857. The van der Waals surface area contributed by atoms with Gasteiger partial charge < -0.3 is 5.11 Å². The Hall–Kier alpha value is -0.570. The van der Waals surface area contributed by atoms with E-state index in [1.54, 1.807) is 0 Å². The number of carboxylic acids is 1. The molecule has 21 heavy (non-hydrogen) atoms. The molecular weight excluding hydrogens is 262 g/mol. The molecule has 3 heteroatoms. The predicted molar refractivity (Wildman–Crippen MR) is 84.2 cm³/mol. The van der Waals surface area contributed by atoms with Crippen LogP contribution in [0.3, 0.4) is 0 Å². The maximum atomic E-state index is 11.0. The summed E-state index contributed by atoms with van der Waals surface area (Å²) in [5.74, 6) is 0.597. The molecule has 2 bridgehead atoms. The molecule has 4 unspecified atom stereocenters. The van der Waals surface area contributed by atoms with Crippen LogP contribution in [0.4, 0.5) is 0 Å². The number of hydrogen-bond acceptors (Lipinski definition) is 2. The number of rotatable bonds is 3. The van der Waals surface area contributed by atoms with Gasteiger partial charge in [-0.15, -0.1) is 0 Å². The van der Waals surface area contributed by atoms with Crippen LogP contribution in [0, 0.1) is 17.3 Å². The lowest BCUT2D eigenvalue weighted by Gasteiger charge is -2.50. The summed E-state index contributed by atoms with van der Waals surface area (Å²) in [7, 11) is 0. The third-order valence-electron chi connectivity index (χ3n) is 6.38. The van der Waals surface area contributed by atoms with Crippen LogP contribution in [0.15, 0.2) is 0 Å². The molecule has 2 heterocycles. The third-order valence-corrected chi connectivity index (χ3v) is 6.38. The van der Waals surface area contributed by atoms with Gasteiger partial charge in [0.15, 0.2) is 0 Å². The summed E-state index contributed by atoms with van der Waals surface area (Å²) in [4.78, 5) is 13.8. The van der Waals surface area contributed by atoms with Gasteiger partial charge in [0.1, 0.15) is 0 Å². The monoisotopic (exact) mass is 293 g/mol. The molecule has 0 spiro atoms. The molecule has 1 aliphatic carbocycles. The molecule has 3 nitrogen and oxygen atoms in total. The zero-order valence-corrected chi connectivity index (χ0v) is 13.8. The van der Waals surface area contributed by atoms with E-state index in [0.717, 1.165) is 24.8 Å². The average Bonchev–Trinajstić information content (AvgIpc) is 2.61. The smallest absolute Gasteiger partial charge is 0.303 e. The van der Waals surface area contributed by atoms with E-state index in [-0.39, 0.29) is 0 Å². The van der Waals surface area contributed by atoms with Crippen LogP contribution < -0.4 is 0 Å². The van der Waals surface area contributed by atoms with Gasteiger partial charge in [-0.3, -0.25) is 9.69 Å². The van der Waals surface area contributed by atoms with Crippen LogP contribution in [0.5, 0.6) is 0 Å². The van der Waals surface area contributed by atoms with Crippen LogP contribution in [0.1, 0.15) is 72.1 Å². The fourth-order valence-electron chi connectivity index (χ4n) is 5.66. The summed E-state index contributed by atoms with van der Waals surface area (Å²) in [6.45, 7) is 7.26. The number of aliphatic carboxylic acids is 1. The molecule has 2 saturated heterocycles. The minimum absolute atomic E-state index is 0.383. The molecule has 4 atom stereocenters. The summed E-state index contributed by atoms with van der Waals surface area (Å²) in [5.41, 5.74) is 0.511. The van der Waals surface area contributed by atoms with Gasteiger partial charge in [-0.1, -0.05) is 20.8 Å². The molecule has 2 aliphatic heterocycles. The first-order chi connectivity index (χ1) is 9.85. The Bertz CT molecular complexity index is 392. The Balaban J connectivity index is 1.67. The van der Waals surface area contributed by atoms with E-state index < -0.39 is 5.97 Å². The number of fused-ring (bicyclic) bond motifs is 2. The molecular formula is C18H31NO2. The highest BCUT2D eigenvalue weighted by Crippen LogP contribution is 2.47. The summed E-state index contributed by atoms with van der Waals surface area (Å²) in [5, 5.41) is 9.06. The summed E-state index contributed by atoms with van der Waals surface area (Å²) < 4.78 is 0. The van der Waals surface area contributed by atoms with E-state index in [4.69, 9.17) is 5.11 Å². The SMILES string of the molecule is CC1CC(C)(C)CCC1N1C2CCC1CC(CC(=O)O)C2. The number of piperidine rings is 1. The fraction of sp³-hybridized carbons (Fsp3) is 0.944. The first-order valence-corrected chi connectivity index (χ1v) is 8.85. The summed E-state index contributed by atoms with van der Waals surface area (Å²) in [6.07, 6.45) is 9.24. The van der Waals surface area contributed by atoms with Crippen molar-refractivity contribution >= 4 is 5.97 Å².